The number of hydrogen-bond donors (Lipinski definition) is 0. The Balaban J connectivity index is 2.17. The quantitative estimate of drug-likeness (QED) is 0.622. The first-order valence-corrected chi connectivity index (χ1v) is 6.37. The molecule has 0 aromatic carbocycles. The summed E-state index contributed by atoms with van der Waals surface area (Å²) in [4.78, 5) is 23.8. The molecule has 17 heavy (non-hydrogen) atoms. The van der Waals surface area contributed by atoms with Gasteiger partial charge in [-0.15, -0.1) is 4.28 Å². The molecule has 2 heterocycles. The van der Waals surface area contributed by atoms with Gasteiger partial charge in [0.05, 0.1) is 19.2 Å². The van der Waals surface area contributed by atoms with E-state index in [4.69, 9.17) is 0 Å². The van der Waals surface area contributed by atoms with E-state index in [0.717, 1.165) is 12.2 Å². The molecule has 2 aliphatic heterocycles. The van der Waals surface area contributed by atoms with Gasteiger partial charge in [-0.1, -0.05) is 0 Å². The number of fused-ring (bicyclic) bond motifs is 2. The molecule has 0 unspecified atom stereocenters. The predicted molar refractivity (Wildman–Crippen MR) is 53.8 cm³/mol. The van der Waals surface area contributed by atoms with Gasteiger partial charge in [-0.3, -0.25) is 4.18 Å². The van der Waals surface area contributed by atoms with E-state index in [1.54, 1.807) is 0 Å². The van der Waals surface area contributed by atoms with Crippen LogP contribution in [-0.2, 0) is 23.7 Å². The Morgan fingerprint density at radius 3 is 2.71 bits per heavy atom. The fraction of sp³-hybridized carbons (Fsp3) is 0.750. The Kier molecular flexibility index (Phi) is 3.06. The lowest BCUT2D eigenvalue weighted by molar-refractivity contribution is -0.112. The molecule has 2 fully saturated rings. The molecule has 2 amide bonds. The van der Waals surface area contributed by atoms with E-state index in [2.05, 4.69) is 8.47 Å². The topological polar surface area (TPSA) is 93.2 Å². The predicted octanol–water partition coefficient (Wildman–Crippen LogP) is -0.723. The zero-order valence-electron chi connectivity index (χ0n) is 9.11. The van der Waals surface area contributed by atoms with E-state index >= 15 is 0 Å². The number of aldehydes is 1. The van der Waals surface area contributed by atoms with E-state index in [1.165, 1.54) is 4.90 Å². The molecule has 0 aliphatic carbocycles. The van der Waals surface area contributed by atoms with Gasteiger partial charge >= 0.3 is 16.4 Å². The molecule has 0 N–H and O–H groups in total. The lowest BCUT2D eigenvalue weighted by atomic mass is 10.0. The minimum absolute atomic E-state index is 0.293. The van der Waals surface area contributed by atoms with Crippen LogP contribution in [0.1, 0.15) is 12.8 Å². The molecule has 0 aromatic rings. The third-order valence-corrected chi connectivity index (χ3v) is 3.65. The van der Waals surface area contributed by atoms with Gasteiger partial charge in [-0.25, -0.2) is 4.79 Å². The molecule has 8 nitrogen and oxygen atoms in total. The molecular formula is C8H12N2O6S. The zero-order valence-corrected chi connectivity index (χ0v) is 9.92. The number of rotatable bonds is 4. The fourth-order valence-electron chi connectivity index (χ4n) is 2.03. The van der Waals surface area contributed by atoms with Crippen molar-refractivity contribution in [2.24, 2.45) is 0 Å². The molecule has 0 aromatic heterocycles. The van der Waals surface area contributed by atoms with Crippen molar-refractivity contribution < 1.29 is 26.5 Å². The minimum Gasteiger partial charge on any atom is -0.311 e. The van der Waals surface area contributed by atoms with Crippen LogP contribution in [0.3, 0.4) is 0 Å². The zero-order chi connectivity index (χ0) is 12.6. The number of nitrogens with zero attached hydrogens (tertiary/aromatic N) is 2. The summed E-state index contributed by atoms with van der Waals surface area (Å²) in [5.41, 5.74) is 0. The Morgan fingerprint density at radius 1 is 1.41 bits per heavy atom. The molecule has 2 rings (SSSR count). The maximum absolute atomic E-state index is 11.8. The SMILES string of the molecule is COS(=O)(=O)ON1C(=O)N2C[C@H]1CC[C@H]2C=O. The van der Waals surface area contributed by atoms with Gasteiger partial charge in [0, 0.05) is 6.54 Å². The fourth-order valence-corrected chi connectivity index (χ4v) is 2.47. The third kappa shape index (κ3) is 2.13. The lowest BCUT2D eigenvalue weighted by Crippen LogP contribution is -2.40. The van der Waals surface area contributed by atoms with Crippen LogP contribution in [0.25, 0.3) is 0 Å². The molecule has 2 saturated heterocycles. The minimum atomic E-state index is -4.21. The lowest BCUT2D eigenvalue weighted by Gasteiger charge is -2.25. The van der Waals surface area contributed by atoms with E-state index in [9.17, 15) is 18.0 Å². The van der Waals surface area contributed by atoms with Crippen molar-refractivity contribution in [3.05, 3.63) is 0 Å². The molecular weight excluding hydrogens is 252 g/mol. The highest BCUT2D eigenvalue weighted by Gasteiger charge is 2.47. The number of amides is 2. The van der Waals surface area contributed by atoms with Crippen LogP contribution in [0.2, 0.25) is 0 Å². The first kappa shape index (κ1) is 12.3. The van der Waals surface area contributed by atoms with Crippen molar-refractivity contribution in [3.63, 3.8) is 0 Å². The average molecular weight is 264 g/mol. The van der Waals surface area contributed by atoms with Crippen molar-refractivity contribution in [1.82, 2.24) is 9.96 Å². The van der Waals surface area contributed by atoms with Crippen LogP contribution in [0.15, 0.2) is 0 Å². The normalized spacial score (nSPS) is 28.6. The first-order valence-electron chi connectivity index (χ1n) is 5.04. The summed E-state index contributed by atoms with van der Waals surface area (Å²) >= 11 is 0. The van der Waals surface area contributed by atoms with Gasteiger partial charge in [0.2, 0.25) is 0 Å². The van der Waals surface area contributed by atoms with E-state index in [0.29, 0.717) is 25.7 Å². The molecule has 96 valence electrons. The highest BCUT2D eigenvalue weighted by atomic mass is 32.3. The van der Waals surface area contributed by atoms with Crippen molar-refractivity contribution in [2.45, 2.75) is 24.9 Å². The smallest absolute Gasteiger partial charge is 0.311 e. The highest BCUT2D eigenvalue weighted by molar-refractivity contribution is 7.81. The van der Waals surface area contributed by atoms with Gasteiger partial charge in [0.1, 0.15) is 6.29 Å². The molecule has 9 heteroatoms. The maximum Gasteiger partial charge on any atom is 0.420 e. The third-order valence-electron chi connectivity index (χ3n) is 2.90. The number of piperidine rings is 1. The van der Waals surface area contributed by atoms with E-state index in [-0.39, 0.29) is 6.04 Å². The van der Waals surface area contributed by atoms with Crippen molar-refractivity contribution in [2.75, 3.05) is 13.7 Å². The molecule has 2 atom stereocenters. The second kappa shape index (κ2) is 4.24. The Bertz CT molecular complexity index is 435. The Hall–Kier alpha value is -1.19. The van der Waals surface area contributed by atoms with Crippen molar-refractivity contribution in [1.29, 1.82) is 0 Å². The Morgan fingerprint density at radius 2 is 2.12 bits per heavy atom. The van der Waals surface area contributed by atoms with Crippen LogP contribution in [0, 0.1) is 0 Å². The summed E-state index contributed by atoms with van der Waals surface area (Å²) < 4.78 is 30.9. The van der Waals surface area contributed by atoms with E-state index < -0.39 is 22.5 Å². The number of carbonyl (C=O) groups is 2. The summed E-state index contributed by atoms with van der Waals surface area (Å²) in [6.45, 7) is 0.293. The summed E-state index contributed by atoms with van der Waals surface area (Å²) in [5.74, 6) is 0. The second-order valence-corrected chi connectivity index (χ2v) is 5.14. The number of urea groups is 1. The highest BCUT2D eigenvalue weighted by Crippen LogP contribution is 2.29. The van der Waals surface area contributed by atoms with Gasteiger partial charge in [-0.05, 0) is 12.8 Å². The van der Waals surface area contributed by atoms with Crippen molar-refractivity contribution >= 4 is 22.7 Å². The largest absolute Gasteiger partial charge is 0.420 e. The molecule has 2 aliphatic rings. The van der Waals surface area contributed by atoms with Crippen LogP contribution < -0.4 is 0 Å². The maximum atomic E-state index is 11.8. The summed E-state index contributed by atoms with van der Waals surface area (Å²) in [6, 6.07) is -1.48. The van der Waals surface area contributed by atoms with E-state index in [1.807, 2.05) is 0 Å². The standard InChI is InChI=1S/C8H12N2O6S/c1-15-17(13,14)16-10-6-2-3-7(5-11)9(4-6)8(10)12/h5-7H,2-4H2,1H3/t6-,7+/m1/s1. The summed E-state index contributed by atoms with van der Waals surface area (Å²) in [7, 11) is -3.27. The first-order chi connectivity index (χ1) is 7.98. The van der Waals surface area contributed by atoms with Gasteiger partial charge in [0.15, 0.2) is 0 Å². The summed E-state index contributed by atoms with van der Waals surface area (Å²) in [6.07, 6.45) is 1.71. The number of hydroxylamine groups is 2. The van der Waals surface area contributed by atoms with Gasteiger partial charge < -0.3 is 9.69 Å². The second-order valence-electron chi connectivity index (χ2n) is 3.84. The molecule has 2 bridgehead atoms. The number of carbonyl (C=O) groups excluding carboxylic acids is 2. The summed E-state index contributed by atoms with van der Waals surface area (Å²) in [5, 5.41) is 0.766. The molecule has 0 saturated carbocycles. The van der Waals surface area contributed by atoms with Gasteiger partial charge in [0.25, 0.3) is 0 Å². The number of hydrogen-bond acceptors (Lipinski definition) is 6. The van der Waals surface area contributed by atoms with Crippen molar-refractivity contribution in [3.8, 4) is 0 Å². The monoisotopic (exact) mass is 264 g/mol. The van der Waals surface area contributed by atoms with Crippen LogP contribution in [0.5, 0.6) is 0 Å². The molecule has 0 spiro atoms. The van der Waals surface area contributed by atoms with Crippen LogP contribution in [0.4, 0.5) is 4.79 Å². The van der Waals surface area contributed by atoms with Gasteiger partial charge in [-0.2, -0.15) is 13.5 Å². The van der Waals surface area contributed by atoms with Crippen LogP contribution >= 0.6 is 0 Å². The average Bonchev–Trinajstić information content (AvgIpc) is 2.55. The molecule has 0 radical (unpaired) electrons. The Labute approximate surface area is 98.3 Å². The van der Waals surface area contributed by atoms with Crippen LogP contribution in [-0.4, -0.2) is 56.4 Å².